The molecule has 2 aromatic carbocycles. The Morgan fingerprint density at radius 2 is 1.50 bits per heavy atom. The number of thiocarbonyl (C=S) groups is 1. The van der Waals surface area contributed by atoms with E-state index in [-0.39, 0.29) is 0 Å². The van der Waals surface area contributed by atoms with Crippen molar-refractivity contribution in [3.8, 4) is 0 Å². The van der Waals surface area contributed by atoms with Crippen LogP contribution in [-0.2, 0) is 0 Å². The lowest BCUT2D eigenvalue weighted by Crippen LogP contribution is -2.34. The van der Waals surface area contributed by atoms with Crippen molar-refractivity contribution in [1.29, 1.82) is 0 Å². The van der Waals surface area contributed by atoms with Crippen LogP contribution in [0, 0.1) is 0 Å². The molecule has 0 aliphatic carbocycles. The summed E-state index contributed by atoms with van der Waals surface area (Å²) in [6.07, 6.45) is 0. The molecule has 0 aliphatic heterocycles. The van der Waals surface area contributed by atoms with Gasteiger partial charge in [0.15, 0.2) is 5.11 Å². The minimum Gasteiger partial charge on any atom is -0.361 e. The molecule has 0 aliphatic rings. The third-order valence-corrected chi connectivity index (χ3v) is 3.30. The minimum absolute atomic E-state index is 0.644. The molecule has 116 valence electrons. The second kappa shape index (κ2) is 8.36. The molecule has 22 heavy (non-hydrogen) atoms. The number of rotatable bonds is 6. The zero-order valence-corrected chi connectivity index (χ0v) is 13.8. The Bertz CT molecular complexity index is 581. The van der Waals surface area contributed by atoms with Gasteiger partial charge >= 0.3 is 0 Å². The lowest BCUT2D eigenvalue weighted by molar-refractivity contribution is 0.413. The molecular formula is C17H22N4S. The first-order valence-electron chi connectivity index (χ1n) is 7.25. The van der Waals surface area contributed by atoms with Crippen molar-refractivity contribution in [1.82, 2.24) is 10.2 Å². The van der Waals surface area contributed by atoms with Crippen LogP contribution in [0.4, 0.5) is 17.1 Å². The largest absolute Gasteiger partial charge is 0.361 e. The van der Waals surface area contributed by atoms with E-state index in [2.05, 4.69) is 20.9 Å². The Morgan fingerprint density at radius 3 is 2.14 bits per heavy atom. The van der Waals surface area contributed by atoms with Crippen LogP contribution in [0.15, 0.2) is 54.6 Å². The first kappa shape index (κ1) is 16.3. The fourth-order valence-electron chi connectivity index (χ4n) is 1.89. The van der Waals surface area contributed by atoms with E-state index in [1.807, 2.05) is 68.7 Å². The summed E-state index contributed by atoms with van der Waals surface area (Å²) < 4.78 is 0. The monoisotopic (exact) mass is 314 g/mol. The van der Waals surface area contributed by atoms with Crippen LogP contribution in [0.3, 0.4) is 0 Å². The molecule has 0 atom stereocenters. The van der Waals surface area contributed by atoms with Crippen LogP contribution >= 0.6 is 12.2 Å². The predicted octanol–water partition coefficient (Wildman–Crippen LogP) is 3.28. The zero-order chi connectivity index (χ0) is 15.8. The maximum absolute atomic E-state index is 5.27. The van der Waals surface area contributed by atoms with Crippen LogP contribution < -0.4 is 16.0 Å². The Labute approximate surface area is 137 Å². The summed E-state index contributed by atoms with van der Waals surface area (Å²) in [5.74, 6) is 0. The zero-order valence-electron chi connectivity index (χ0n) is 13.0. The van der Waals surface area contributed by atoms with Crippen LogP contribution in [0.25, 0.3) is 0 Å². The molecule has 0 heterocycles. The number of hydrogen-bond acceptors (Lipinski definition) is 3. The van der Waals surface area contributed by atoms with Crippen molar-refractivity contribution < 1.29 is 0 Å². The molecule has 3 N–H and O–H groups in total. The van der Waals surface area contributed by atoms with Gasteiger partial charge in [0.05, 0.1) is 0 Å². The van der Waals surface area contributed by atoms with E-state index in [1.54, 1.807) is 0 Å². The highest BCUT2D eigenvalue weighted by atomic mass is 32.1. The first-order valence-corrected chi connectivity index (χ1v) is 7.66. The minimum atomic E-state index is 0.644. The topological polar surface area (TPSA) is 39.3 Å². The van der Waals surface area contributed by atoms with Crippen LogP contribution in [0.5, 0.6) is 0 Å². The summed E-state index contributed by atoms with van der Waals surface area (Å²) in [6, 6.07) is 18.2. The summed E-state index contributed by atoms with van der Waals surface area (Å²) in [5, 5.41) is 10.4. The van der Waals surface area contributed by atoms with Crippen molar-refractivity contribution in [2.24, 2.45) is 0 Å². The highest BCUT2D eigenvalue weighted by molar-refractivity contribution is 7.80. The van der Waals surface area contributed by atoms with Gasteiger partial charge in [0.25, 0.3) is 0 Å². The van der Waals surface area contributed by atoms with E-state index in [9.17, 15) is 0 Å². The Kier molecular flexibility index (Phi) is 6.18. The van der Waals surface area contributed by atoms with Crippen molar-refractivity contribution in [3.05, 3.63) is 54.6 Å². The van der Waals surface area contributed by atoms with E-state index in [0.717, 1.165) is 30.2 Å². The van der Waals surface area contributed by atoms with Crippen LogP contribution in [-0.4, -0.2) is 37.2 Å². The molecule has 0 saturated heterocycles. The van der Waals surface area contributed by atoms with Gasteiger partial charge in [0.1, 0.15) is 0 Å². The smallest absolute Gasteiger partial charge is 0.170 e. The standard InChI is InChI=1S/C17H22N4S/c1-21(2)13-12-18-17(22)20-16-10-8-15(9-11-16)19-14-6-4-3-5-7-14/h3-11,19H,12-13H2,1-2H3,(H2,18,20,22). The molecule has 0 radical (unpaired) electrons. The Balaban J connectivity index is 1.82. The van der Waals surface area contributed by atoms with Gasteiger partial charge in [-0.15, -0.1) is 0 Å². The molecule has 0 saturated carbocycles. The molecule has 2 rings (SSSR count). The molecular weight excluding hydrogens is 292 g/mol. The Morgan fingerprint density at radius 1 is 0.909 bits per heavy atom. The number of nitrogens with zero attached hydrogens (tertiary/aromatic N) is 1. The number of anilines is 3. The van der Waals surface area contributed by atoms with Crippen molar-refractivity contribution in [3.63, 3.8) is 0 Å². The van der Waals surface area contributed by atoms with Gasteiger partial charge in [-0.3, -0.25) is 0 Å². The van der Waals surface area contributed by atoms with Gasteiger partial charge in [0, 0.05) is 30.2 Å². The lowest BCUT2D eigenvalue weighted by Gasteiger charge is -2.14. The normalized spacial score (nSPS) is 10.3. The van der Waals surface area contributed by atoms with E-state index in [1.165, 1.54) is 0 Å². The fourth-order valence-corrected chi connectivity index (χ4v) is 2.11. The van der Waals surface area contributed by atoms with Crippen LogP contribution in [0.1, 0.15) is 0 Å². The number of benzene rings is 2. The maximum Gasteiger partial charge on any atom is 0.170 e. The summed E-state index contributed by atoms with van der Waals surface area (Å²) in [4.78, 5) is 2.11. The van der Waals surface area contributed by atoms with Gasteiger partial charge in [-0.2, -0.15) is 0 Å². The third kappa shape index (κ3) is 5.71. The average molecular weight is 314 g/mol. The highest BCUT2D eigenvalue weighted by Gasteiger charge is 1.99. The van der Waals surface area contributed by atoms with Gasteiger partial charge in [-0.1, -0.05) is 18.2 Å². The molecule has 0 spiro atoms. The quantitative estimate of drug-likeness (QED) is 0.714. The number of nitrogens with one attached hydrogen (secondary N) is 3. The summed E-state index contributed by atoms with van der Waals surface area (Å²) in [7, 11) is 4.08. The van der Waals surface area contributed by atoms with Gasteiger partial charge in [-0.25, -0.2) is 0 Å². The fraction of sp³-hybridized carbons (Fsp3) is 0.235. The second-order valence-corrected chi connectivity index (χ2v) is 5.66. The first-order chi connectivity index (χ1) is 10.6. The van der Waals surface area contributed by atoms with Gasteiger partial charge in [0.2, 0.25) is 0 Å². The summed E-state index contributed by atoms with van der Waals surface area (Å²) >= 11 is 5.27. The third-order valence-electron chi connectivity index (χ3n) is 3.05. The lowest BCUT2D eigenvalue weighted by atomic mass is 10.2. The molecule has 4 nitrogen and oxygen atoms in total. The SMILES string of the molecule is CN(C)CCNC(=S)Nc1ccc(Nc2ccccc2)cc1. The number of hydrogen-bond donors (Lipinski definition) is 3. The maximum atomic E-state index is 5.27. The highest BCUT2D eigenvalue weighted by Crippen LogP contribution is 2.18. The molecule has 0 bridgehead atoms. The van der Waals surface area contributed by atoms with E-state index < -0.39 is 0 Å². The molecule has 2 aromatic rings. The van der Waals surface area contributed by atoms with Crippen molar-refractivity contribution >= 4 is 34.4 Å². The molecule has 0 fully saturated rings. The second-order valence-electron chi connectivity index (χ2n) is 5.25. The predicted molar refractivity (Wildman–Crippen MR) is 98.9 cm³/mol. The summed E-state index contributed by atoms with van der Waals surface area (Å²) in [5.41, 5.74) is 3.09. The number of likely N-dealkylation sites (N-methyl/N-ethyl adjacent to an activating group) is 1. The average Bonchev–Trinajstić information content (AvgIpc) is 2.50. The van der Waals surface area contributed by atoms with E-state index in [4.69, 9.17) is 12.2 Å². The van der Waals surface area contributed by atoms with E-state index >= 15 is 0 Å². The molecule has 5 heteroatoms. The Hall–Kier alpha value is -2.11. The summed E-state index contributed by atoms with van der Waals surface area (Å²) in [6.45, 7) is 1.77. The van der Waals surface area contributed by atoms with Gasteiger partial charge < -0.3 is 20.9 Å². The molecule has 0 aromatic heterocycles. The van der Waals surface area contributed by atoms with E-state index in [0.29, 0.717) is 5.11 Å². The van der Waals surface area contributed by atoms with Crippen LogP contribution in [0.2, 0.25) is 0 Å². The van der Waals surface area contributed by atoms with Gasteiger partial charge in [-0.05, 0) is 62.7 Å². The van der Waals surface area contributed by atoms with Crippen molar-refractivity contribution in [2.75, 3.05) is 37.8 Å². The molecule has 0 amide bonds. The van der Waals surface area contributed by atoms with Crippen molar-refractivity contribution in [2.45, 2.75) is 0 Å². The molecule has 0 unspecified atom stereocenters. The number of para-hydroxylation sites is 1.